The van der Waals surface area contributed by atoms with E-state index in [4.69, 9.17) is 9.15 Å². The highest BCUT2D eigenvalue weighted by molar-refractivity contribution is 5.80. The standard InChI is InChI=1S/C14H15NO3/c1-9-5-4-6-12(7-16)14(9)17-8-13-15-10(2)11(3)18-13/h4-7H,8H2,1-3H3. The van der Waals surface area contributed by atoms with Gasteiger partial charge in [0.15, 0.2) is 12.9 Å². The van der Waals surface area contributed by atoms with Gasteiger partial charge in [0.05, 0.1) is 11.3 Å². The SMILES string of the molecule is Cc1cccc(C=O)c1OCc1nc(C)c(C)o1. The van der Waals surface area contributed by atoms with Crippen LogP contribution in [0.15, 0.2) is 22.6 Å². The first-order valence-corrected chi connectivity index (χ1v) is 5.72. The third kappa shape index (κ3) is 2.42. The molecule has 2 aromatic rings. The minimum Gasteiger partial charge on any atom is -0.483 e. The van der Waals surface area contributed by atoms with E-state index in [0.29, 0.717) is 17.2 Å². The Morgan fingerprint density at radius 2 is 2.11 bits per heavy atom. The Morgan fingerprint density at radius 3 is 2.72 bits per heavy atom. The lowest BCUT2D eigenvalue weighted by Crippen LogP contribution is -2.00. The Kier molecular flexibility index (Phi) is 3.46. The van der Waals surface area contributed by atoms with Crippen molar-refractivity contribution in [3.05, 3.63) is 46.7 Å². The summed E-state index contributed by atoms with van der Waals surface area (Å²) >= 11 is 0. The van der Waals surface area contributed by atoms with Crippen molar-refractivity contribution in [3.63, 3.8) is 0 Å². The minimum atomic E-state index is 0.223. The molecule has 0 atom stereocenters. The molecule has 0 spiro atoms. The van der Waals surface area contributed by atoms with E-state index in [2.05, 4.69) is 4.98 Å². The summed E-state index contributed by atoms with van der Waals surface area (Å²) in [5.41, 5.74) is 2.31. The lowest BCUT2D eigenvalue weighted by Gasteiger charge is -2.09. The van der Waals surface area contributed by atoms with Crippen molar-refractivity contribution < 1.29 is 13.9 Å². The van der Waals surface area contributed by atoms with E-state index in [-0.39, 0.29) is 6.61 Å². The lowest BCUT2D eigenvalue weighted by molar-refractivity contribution is 0.111. The number of carbonyl (C=O) groups excluding carboxylic acids is 1. The second kappa shape index (κ2) is 5.04. The zero-order chi connectivity index (χ0) is 13.1. The number of carbonyl (C=O) groups is 1. The number of nitrogens with zero attached hydrogens (tertiary/aromatic N) is 1. The molecular formula is C14H15NO3. The van der Waals surface area contributed by atoms with Crippen LogP contribution in [0.2, 0.25) is 0 Å². The molecule has 0 aliphatic carbocycles. The van der Waals surface area contributed by atoms with Gasteiger partial charge in [-0.2, -0.15) is 0 Å². The number of aryl methyl sites for hydroxylation is 3. The van der Waals surface area contributed by atoms with Gasteiger partial charge in [0.25, 0.3) is 0 Å². The molecule has 0 radical (unpaired) electrons. The van der Waals surface area contributed by atoms with Crippen LogP contribution in [0, 0.1) is 20.8 Å². The van der Waals surface area contributed by atoms with Crippen molar-refractivity contribution in [1.82, 2.24) is 4.98 Å². The molecule has 4 heteroatoms. The fourth-order valence-electron chi connectivity index (χ4n) is 1.70. The van der Waals surface area contributed by atoms with Crippen LogP contribution in [0.5, 0.6) is 5.75 Å². The first kappa shape index (κ1) is 12.4. The molecule has 0 saturated carbocycles. The fraction of sp³-hybridized carbons (Fsp3) is 0.286. The lowest BCUT2D eigenvalue weighted by atomic mass is 10.1. The molecule has 0 aliphatic rings. The molecule has 0 N–H and O–H groups in total. The van der Waals surface area contributed by atoms with Crippen molar-refractivity contribution in [1.29, 1.82) is 0 Å². The van der Waals surface area contributed by atoms with Crippen molar-refractivity contribution in [2.75, 3.05) is 0 Å². The number of aldehydes is 1. The zero-order valence-corrected chi connectivity index (χ0v) is 10.7. The van der Waals surface area contributed by atoms with Crippen LogP contribution in [0.3, 0.4) is 0 Å². The zero-order valence-electron chi connectivity index (χ0n) is 10.7. The number of aromatic nitrogens is 1. The summed E-state index contributed by atoms with van der Waals surface area (Å²) in [6.45, 7) is 5.86. The molecule has 2 rings (SSSR count). The van der Waals surface area contributed by atoms with Gasteiger partial charge in [-0.25, -0.2) is 4.98 Å². The maximum Gasteiger partial charge on any atom is 0.232 e. The number of hydrogen-bond acceptors (Lipinski definition) is 4. The molecule has 0 bridgehead atoms. The van der Waals surface area contributed by atoms with E-state index in [0.717, 1.165) is 23.3 Å². The maximum absolute atomic E-state index is 10.9. The highest BCUT2D eigenvalue weighted by atomic mass is 16.5. The maximum atomic E-state index is 10.9. The topological polar surface area (TPSA) is 52.3 Å². The normalized spacial score (nSPS) is 10.4. The number of benzene rings is 1. The van der Waals surface area contributed by atoms with Crippen molar-refractivity contribution in [2.45, 2.75) is 27.4 Å². The van der Waals surface area contributed by atoms with Crippen LogP contribution in [0.25, 0.3) is 0 Å². The van der Waals surface area contributed by atoms with Gasteiger partial charge < -0.3 is 9.15 Å². The first-order valence-electron chi connectivity index (χ1n) is 5.72. The first-order chi connectivity index (χ1) is 8.61. The molecular weight excluding hydrogens is 230 g/mol. The molecule has 1 aromatic carbocycles. The van der Waals surface area contributed by atoms with Gasteiger partial charge in [-0.15, -0.1) is 0 Å². The number of hydrogen-bond donors (Lipinski definition) is 0. The Morgan fingerprint density at radius 1 is 1.33 bits per heavy atom. The monoisotopic (exact) mass is 245 g/mol. The summed E-state index contributed by atoms with van der Waals surface area (Å²) in [7, 11) is 0. The molecule has 1 aromatic heterocycles. The van der Waals surface area contributed by atoms with Crippen LogP contribution < -0.4 is 4.74 Å². The smallest absolute Gasteiger partial charge is 0.232 e. The average Bonchev–Trinajstić information content (AvgIpc) is 2.67. The average molecular weight is 245 g/mol. The van der Waals surface area contributed by atoms with E-state index in [1.54, 1.807) is 6.07 Å². The van der Waals surface area contributed by atoms with E-state index in [1.165, 1.54) is 0 Å². The number of rotatable bonds is 4. The fourth-order valence-corrected chi connectivity index (χ4v) is 1.70. The highest BCUT2D eigenvalue weighted by Gasteiger charge is 2.10. The van der Waals surface area contributed by atoms with Gasteiger partial charge in [0, 0.05) is 0 Å². The Labute approximate surface area is 106 Å². The molecule has 0 unspecified atom stereocenters. The van der Waals surface area contributed by atoms with Crippen LogP contribution in [0.4, 0.5) is 0 Å². The molecule has 0 saturated heterocycles. The van der Waals surface area contributed by atoms with Crippen molar-refractivity contribution >= 4 is 6.29 Å². The Balaban J connectivity index is 2.17. The number of ether oxygens (including phenoxy) is 1. The Hall–Kier alpha value is -2.10. The molecule has 0 fully saturated rings. The van der Waals surface area contributed by atoms with Crippen LogP contribution >= 0.6 is 0 Å². The summed E-state index contributed by atoms with van der Waals surface area (Å²) < 4.78 is 11.1. The molecule has 94 valence electrons. The van der Waals surface area contributed by atoms with Crippen molar-refractivity contribution in [3.8, 4) is 5.75 Å². The highest BCUT2D eigenvalue weighted by Crippen LogP contribution is 2.23. The second-order valence-corrected chi connectivity index (χ2v) is 4.15. The van der Waals surface area contributed by atoms with Gasteiger partial charge in [0.1, 0.15) is 11.5 Å². The summed E-state index contributed by atoms with van der Waals surface area (Å²) in [6.07, 6.45) is 0.786. The summed E-state index contributed by atoms with van der Waals surface area (Å²) in [6, 6.07) is 5.45. The van der Waals surface area contributed by atoms with Gasteiger partial charge in [0.2, 0.25) is 5.89 Å². The van der Waals surface area contributed by atoms with Crippen LogP contribution in [0.1, 0.15) is 33.3 Å². The van der Waals surface area contributed by atoms with E-state index in [9.17, 15) is 4.79 Å². The molecule has 0 aliphatic heterocycles. The van der Waals surface area contributed by atoms with Gasteiger partial charge in [-0.3, -0.25) is 4.79 Å². The van der Waals surface area contributed by atoms with Gasteiger partial charge >= 0.3 is 0 Å². The van der Waals surface area contributed by atoms with E-state index in [1.807, 2.05) is 32.9 Å². The van der Waals surface area contributed by atoms with Crippen molar-refractivity contribution in [2.24, 2.45) is 0 Å². The predicted octanol–water partition coefficient (Wildman–Crippen LogP) is 2.99. The predicted molar refractivity (Wildman–Crippen MR) is 66.9 cm³/mol. The summed E-state index contributed by atoms with van der Waals surface area (Å²) in [5.74, 6) is 1.89. The molecule has 0 amide bonds. The summed E-state index contributed by atoms with van der Waals surface area (Å²) in [5, 5.41) is 0. The van der Waals surface area contributed by atoms with Gasteiger partial charge in [-0.05, 0) is 32.4 Å². The van der Waals surface area contributed by atoms with Gasteiger partial charge in [-0.1, -0.05) is 12.1 Å². The van der Waals surface area contributed by atoms with Crippen LogP contribution in [-0.4, -0.2) is 11.3 Å². The number of para-hydroxylation sites is 1. The van der Waals surface area contributed by atoms with E-state index < -0.39 is 0 Å². The molecule has 4 nitrogen and oxygen atoms in total. The molecule has 1 heterocycles. The third-order valence-electron chi connectivity index (χ3n) is 2.78. The quantitative estimate of drug-likeness (QED) is 0.777. The molecule has 18 heavy (non-hydrogen) atoms. The second-order valence-electron chi connectivity index (χ2n) is 4.15. The largest absolute Gasteiger partial charge is 0.483 e. The number of oxazole rings is 1. The minimum absolute atomic E-state index is 0.223. The van der Waals surface area contributed by atoms with Crippen LogP contribution in [-0.2, 0) is 6.61 Å². The van der Waals surface area contributed by atoms with E-state index >= 15 is 0 Å². The Bertz CT molecular complexity index is 553. The third-order valence-corrected chi connectivity index (χ3v) is 2.78. The summed E-state index contributed by atoms with van der Waals surface area (Å²) in [4.78, 5) is 15.2.